The highest BCUT2D eigenvalue weighted by Crippen LogP contribution is 2.68. The Balaban J connectivity index is 1.81. The monoisotopic (exact) mass is 210 g/mol. The van der Waals surface area contributed by atoms with E-state index in [1.54, 1.807) is 0 Å². The van der Waals surface area contributed by atoms with Gasteiger partial charge in [0.1, 0.15) is 0 Å². The van der Waals surface area contributed by atoms with Gasteiger partial charge in [0.15, 0.2) is 0 Å². The van der Waals surface area contributed by atoms with Crippen LogP contribution in [0, 0.1) is 0 Å². The Hall–Kier alpha value is 0.177. The van der Waals surface area contributed by atoms with Gasteiger partial charge in [-0.15, -0.1) is 0 Å². The van der Waals surface area contributed by atoms with Crippen molar-refractivity contribution in [1.82, 2.24) is 0 Å². The third-order valence-electron chi connectivity index (χ3n) is 4.09. The first kappa shape index (κ1) is 9.41. The van der Waals surface area contributed by atoms with Gasteiger partial charge in [0.2, 0.25) is 8.32 Å². The summed E-state index contributed by atoms with van der Waals surface area (Å²) in [6, 6.07) is 0. The quantitative estimate of drug-likeness (QED) is 0.626. The SMILES string of the molecule is CC(C)O[Si](C1CC1)(C1CC1)C1CC1. The molecule has 14 heavy (non-hydrogen) atoms. The molecule has 3 aliphatic carbocycles. The number of rotatable bonds is 5. The maximum Gasteiger partial charge on any atom is 0.202 e. The van der Waals surface area contributed by atoms with Gasteiger partial charge < -0.3 is 4.43 Å². The smallest absolute Gasteiger partial charge is 0.202 e. The molecule has 0 amide bonds. The first-order valence-corrected chi connectivity index (χ1v) is 8.55. The highest BCUT2D eigenvalue weighted by molar-refractivity contribution is 6.80. The molecule has 0 N–H and O–H groups in total. The molecule has 80 valence electrons. The molecule has 0 saturated heterocycles. The predicted octanol–water partition coefficient (Wildman–Crippen LogP) is 3.85. The van der Waals surface area contributed by atoms with Gasteiger partial charge in [-0.25, -0.2) is 0 Å². The van der Waals surface area contributed by atoms with E-state index in [0.717, 1.165) is 16.6 Å². The lowest BCUT2D eigenvalue weighted by atomic mass is 10.5. The van der Waals surface area contributed by atoms with E-state index in [0.29, 0.717) is 6.10 Å². The summed E-state index contributed by atoms with van der Waals surface area (Å²) < 4.78 is 6.55. The molecule has 3 fully saturated rings. The zero-order chi connectivity index (χ0) is 9.76. The molecular weight excluding hydrogens is 188 g/mol. The van der Waals surface area contributed by atoms with Crippen LogP contribution in [0.15, 0.2) is 0 Å². The van der Waals surface area contributed by atoms with Crippen molar-refractivity contribution in [2.45, 2.75) is 75.1 Å². The van der Waals surface area contributed by atoms with E-state index in [1.165, 1.54) is 38.5 Å². The molecular formula is C12H22OSi. The second-order valence-electron chi connectivity index (χ2n) is 5.84. The predicted molar refractivity (Wildman–Crippen MR) is 60.9 cm³/mol. The van der Waals surface area contributed by atoms with Crippen LogP contribution in [0.25, 0.3) is 0 Å². The van der Waals surface area contributed by atoms with Crippen LogP contribution >= 0.6 is 0 Å². The molecule has 0 aromatic heterocycles. The van der Waals surface area contributed by atoms with E-state index < -0.39 is 8.32 Å². The van der Waals surface area contributed by atoms with Crippen LogP contribution in [0.4, 0.5) is 0 Å². The maximum atomic E-state index is 6.55. The van der Waals surface area contributed by atoms with E-state index in [-0.39, 0.29) is 0 Å². The van der Waals surface area contributed by atoms with Crippen molar-refractivity contribution in [2.75, 3.05) is 0 Å². The molecule has 0 aromatic rings. The Kier molecular flexibility index (Phi) is 2.07. The normalized spacial score (nSPS) is 28.5. The highest BCUT2D eigenvalue weighted by atomic mass is 28.4. The van der Waals surface area contributed by atoms with Crippen LogP contribution in [0.2, 0.25) is 16.6 Å². The van der Waals surface area contributed by atoms with Crippen LogP contribution in [-0.4, -0.2) is 14.4 Å². The summed E-state index contributed by atoms with van der Waals surface area (Å²) in [6.45, 7) is 4.49. The Morgan fingerprint density at radius 2 is 1.21 bits per heavy atom. The largest absolute Gasteiger partial charge is 0.414 e. The van der Waals surface area contributed by atoms with Crippen LogP contribution in [0.5, 0.6) is 0 Å². The summed E-state index contributed by atoms with van der Waals surface area (Å²) in [5.41, 5.74) is 3.22. The minimum Gasteiger partial charge on any atom is -0.414 e. The van der Waals surface area contributed by atoms with Crippen molar-refractivity contribution in [2.24, 2.45) is 0 Å². The van der Waals surface area contributed by atoms with E-state index in [9.17, 15) is 0 Å². The lowest BCUT2D eigenvalue weighted by molar-refractivity contribution is 0.220. The molecule has 3 rings (SSSR count). The third-order valence-corrected chi connectivity index (χ3v) is 10.5. The van der Waals surface area contributed by atoms with Gasteiger partial charge in [-0.3, -0.25) is 0 Å². The van der Waals surface area contributed by atoms with Gasteiger partial charge in [0, 0.05) is 6.10 Å². The fourth-order valence-corrected chi connectivity index (χ4v) is 9.90. The number of hydrogen-bond acceptors (Lipinski definition) is 1. The van der Waals surface area contributed by atoms with E-state index in [1.807, 2.05) is 0 Å². The van der Waals surface area contributed by atoms with Crippen molar-refractivity contribution < 1.29 is 4.43 Å². The lowest BCUT2D eigenvalue weighted by Gasteiger charge is -2.34. The average molecular weight is 210 g/mol. The summed E-state index contributed by atoms with van der Waals surface area (Å²) >= 11 is 0. The first-order valence-electron chi connectivity index (χ1n) is 6.41. The van der Waals surface area contributed by atoms with Gasteiger partial charge in [-0.05, 0) is 30.5 Å². The van der Waals surface area contributed by atoms with E-state index in [4.69, 9.17) is 4.43 Å². The fourth-order valence-electron chi connectivity index (χ4n) is 3.30. The Morgan fingerprint density at radius 3 is 1.43 bits per heavy atom. The molecule has 0 radical (unpaired) electrons. The molecule has 0 atom stereocenters. The Labute approximate surface area is 88.4 Å². The standard InChI is InChI=1S/C12H22OSi/c1-9(2)13-14(10-3-4-10,11-5-6-11)12-7-8-12/h9-12H,3-8H2,1-2H3. The molecule has 3 aliphatic rings. The Bertz CT molecular complexity index is 195. The van der Waals surface area contributed by atoms with Gasteiger partial charge >= 0.3 is 0 Å². The van der Waals surface area contributed by atoms with Crippen LogP contribution in [0.3, 0.4) is 0 Å². The molecule has 0 aliphatic heterocycles. The summed E-state index contributed by atoms with van der Waals surface area (Å²) in [6.07, 6.45) is 9.52. The topological polar surface area (TPSA) is 9.23 Å². The number of hydrogen-bond donors (Lipinski definition) is 0. The maximum absolute atomic E-state index is 6.55. The molecule has 1 nitrogen and oxygen atoms in total. The minimum absolute atomic E-state index is 0.489. The molecule has 0 bridgehead atoms. The molecule has 2 heteroatoms. The second-order valence-corrected chi connectivity index (χ2v) is 10.2. The second kappa shape index (κ2) is 3.08. The van der Waals surface area contributed by atoms with Crippen LogP contribution in [-0.2, 0) is 4.43 Å². The summed E-state index contributed by atoms with van der Waals surface area (Å²) in [4.78, 5) is 0. The Morgan fingerprint density at radius 1 is 0.857 bits per heavy atom. The third kappa shape index (κ3) is 1.47. The average Bonchev–Trinajstić information content (AvgIpc) is 3.04. The van der Waals surface area contributed by atoms with Crippen molar-refractivity contribution in [3.63, 3.8) is 0 Å². The van der Waals surface area contributed by atoms with Crippen molar-refractivity contribution in [3.8, 4) is 0 Å². The molecule has 0 heterocycles. The van der Waals surface area contributed by atoms with Gasteiger partial charge in [0.05, 0.1) is 0 Å². The zero-order valence-electron chi connectivity index (χ0n) is 9.46. The lowest BCUT2D eigenvalue weighted by Crippen LogP contribution is -2.42. The van der Waals surface area contributed by atoms with E-state index >= 15 is 0 Å². The fraction of sp³-hybridized carbons (Fsp3) is 1.00. The molecule has 0 spiro atoms. The van der Waals surface area contributed by atoms with Crippen LogP contribution in [0.1, 0.15) is 52.4 Å². The summed E-state index contributed by atoms with van der Waals surface area (Å²) in [5, 5.41) is 0. The van der Waals surface area contributed by atoms with Crippen LogP contribution < -0.4 is 0 Å². The molecule has 3 saturated carbocycles. The zero-order valence-corrected chi connectivity index (χ0v) is 10.5. The van der Waals surface area contributed by atoms with Gasteiger partial charge in [-0.2, -0.15) is 0 Å². The first-order chi connectivity index (χ1) is 6.73. The summed E-state index contributed by atoms with van der Waals surface area (Å²) in [5.74, 6) is 0. The highest BCUT2D eigenvalue weighted by Gasteiger charge is 2.64. The van der Waals surface area contributed by atoms with Crippen molar-refractivity contribution >= 4 is 8.32 Å². The van der Waals surface area contributed by atoms with Crippen molar-refractivity contribution in [3.05, 3.63) is 0 Å². The van der Waals surface area contributed by atoms with Gasteiger partial charge in [-0.1, -0.05) is 38.5 Å². The summed E-state index contributed by atoms with van der Waals surface area (Å²) in [7, 11) is -1.26. The molecule has 0 unspecified atom stereocenters. The van der Waals surface area contributed by atoms with Crippen molar-refractivity contribution in [1.29, 1.82) is 0 Å². The minimum atomic E-state index is -1.26. The van der Waals surface area contributed by atoms with Gasteiger partial charge in [0.25, 0.3) is 0 Å². The molecule has 0 aromatic carbocycles. The van der Waals surface area contributed by atoms with E-state index in [2.05, 4.69) is 13.8 Å².